The number of methoxy groups -OCH3 is 1. The summed E-state index contributed by atoms with van der Waals surface area (Å²) in [5.41, 5.74) is 4.22. The van der Waals surface area contributed by atoms with Crippen molar-refractivity contribution < 1.29 is 4.74 Å². The van der Waals surface area contributed by atoms with E-state index in [0.717, 1.165) is 48.8 Å². The lowest BCUT2D eigenvalue weighted by Gasteiger charge is -2.13. The molecule has 0 bridgehead atoms. The summed E-state index contributed by atoms with van der Waals surface area (Å²) in [5, 5.41) is 6.76. The summed E-state index contributed by atoms with van der Waals surface area (Å²) in [6.07, 6.45) is 1.87. The number of anilines is 3. The zero-order valence-electron chi connectivity index (χ0n) is 15.9. The Morgan fingerprint density at radius 3 is 2.52 bits per heavy atom. The van der Waals surface area contributed by atoms with E-state index in [2.05, 4.69) is 46.8 Å². The highest BCUT2D eigenvalue weighted by Gasteiger charge is 2.08. The summed E-state index contributed by atoms with van der Waals surface area (Å²) in [4.78, 5) is 9.38. The second-order valence-corrected chi connectivity index (χ2v) is 6.24. The highest BCUT2D eigenvalue weighted by atomic mass is 16.5. The topological polar surface area (TPSA) is 59.1 Å². The van der Waals surface area contributed by atoms with Gasteiger partial charge in [-0.1, -0.05) is 55.5 Å². The summed E-state index contributed by atoms with van der Waals surface area (Å²) in [6.45, 7) is 3.66. The fourth-order valence-electron chi connectivity index (χ4n) is 2.85. The lowest BCUT2D eigenvalue weighted by atomic mass is 10.1. The minimum Gasteiger partial charge on any atom is -0.385 e. The molecule has 3 rings (SSSR count). The van der Waals surface area contributed by atoms with Crippen LogP contribution in [0.25, 0.3) is 11.3 Å². The molecule has 0 saturated heterocycles. The van der Waals surface area contributed by atoms with Crippen LogP contribution in [0, 0.1) is 0 Å². The van der Waals surface area contributed by atoms with E-state index in [1.807, 2.05) is 36.4 Å². The third kappa shape index (κ3) is 5.28. The molecule has 0 spiro atoms. The summed E-state index contributed by atoms with van der Waals surface area (Å²) >= 11 is 0. The number of ether oxygens (including phenoxy) is 1. The molecule has 0 unspecified atom stereocenters. The molecule has 3 aromatic rings. The maximum absolute atomic E-state index is 5.12. The van der Waals surface area contributed by atoms with Crippen molar-refractivity contribution in [1.82, 2.24) is 9.97 Å². The first-order valence-corrected chi connectivity index (χ1v) is 9.32. The second-order valence-electron chi connectivity index (χ2n) is 6.24. The molecule has 5 nitrogen and oxygen atoms in total. The van der Waals surface area contributed by atoms with Crippen LogP contribution in [-0.4, -0.2) is 30.2 Å². The monoisotopic (exact) mass is 362 g/mol. The third-order valence-electron chi connectivity index (χ3n) is 4.27. The van der Waals surface area contributed by atoms with Crippen LogP contribution in [0.3, 0.4) is 0 Å². The zero-order valence-corrected chi connectivity index (χ0v) is 15.9. The van der Waals surface area contributed by atoms with E-state index in [0.29, 0.717) is 5.95 Å². The van der Waals surface area contributed by atoms with Crippen LogP contribution < -0.4 is 10.6 Å². The zero-order chi connectivity index (χ0) is 18.9. The van der Waals surface area contributed by atoms with Gasteiger partial charge in [-0.05, 0) is 24.5 Å². The molecule has 1 heterocycles. The first kappa shape index (κ1) is 18.9. The Bertz CT molecular complexity index is 852. The van der Waals surface area contributed by atoms with Crippen molar-refractivity contribution in [2.24, 2.45) is 0 Å². The Kier molecular flexibility index (Phi) is 6.77. The van der Waals surface area contributed by atoms with Crippen molar-refractivity contribution in [1.29, 1.82) is 0 Å². The predicted molar refractivity (Wildman–Crippen MR) is 112 cm³/mol. The van der Waals surface area contributed by atoms with E-state index in [9.17, 15) is 0 Å². The molecule has 2 N–H and O–H groups in total. The van der Waals surface area contributed by atoms with Gasteiger partial charge in [0, 0.05) is 37.6 Å². The molecule has 0 fully saturated rings. The fourth-order valence-corrected chi connectivity index (χ4v) is 2.85. The molecule has 0 aliphatic heterocycles. The SMILES string of the molecule is CCc1ccccc1Nc1nc(NCCCOC)cc(-c2ccccc2)n1. The lowest BCUT2D eigenvalue weighted by Crippen LogP contribution is -2.08. The normalized spacial score (nSPS) is 10.6. The number of benzene rings is 2. The van der Waals surface area contributed by atoms with E-state index in [1.54, 1.807) is 7.11 Å². The standard InChI is InChI=1S/C22H26N4O/c1-3-17-10-7-8-13-19(17)24-22-25-20(18-11-5-4-6-12-18)16-21(26-22)23-14-9-15-27-2/h4-8,10-13,16H,3,9,14-15H2,1-2H3,(H2,23,24,25,26). The molecule has 0 atom stereocenters. The van der Waals surface area contributed by atoms with E-state index >= 15 is 0 Å². The Balaban J connectivity index is 1.89. The van der Waals surface area contributed by atoms with Crippen molar-refractivity contribution in [3.05, 3.63) is 66.2 Å². The molecule has 5 heteroatoms. The second kappa shape index (κ2) is 9.69. The van der Waals surface area contributed by atoms with Gasteiger partial charge in [-0.2, -0.15) is 4.98 Å². The largest absolute Gasteiger partial charge is 0.385 e. The van der Waals surface area contributed by atoms with Crippen molar-refractivity contribution in [3.63, 3.8) is 0 Å². The van der Waals surface area contributed by atoms with Crippen molar-refractivity contribution >= 4 is 17.5 Å². The lowest BCUT2D eigenvalue weighted by molar-refractivity contribution is 0.198. The van der Waals surface area contributed by atoms with Gasteiger partial charge in [0.1, 0.15) is 5.82 Å². The maximum atomic E-state index is 5.12. The number of nitrogens with zero attached hydrogens (tertiary/aromatic N) is 2. The van der Waals surface area contributed by atoms with Gasteiger partial charge in [0.15, 0.2) is 0 Å². The number of aromatic nitrogens is 2. The van der Waals surface area contributed by atoms with Crippen LogP contribution >= 0.6 is 0 Å². The summed E-state index contributed by atoms with van der Waals surface area (Å²) in [7, 11) is 1.71. The highest BCUT2D eigenvalue weighted by molar-refractivity contribution is 5.67. The number of nitrogens with one attached hydrogen (secondary N) is 2. The van der Waals surface area contributed by atoms with Gasteiger partial charge < -0.3 is 15.4 Å². The molecule has 0 aliphatic rings. The highest BCUT2D eigenvalue weighted by Crippen LogP contribution is 2.24. The fraction of sp³-hybridized carbons (Fsp3) is 0.273. The van der Waals surface area contributed by atoms with Gasteiger partial charge in [0.25, 0.3) is 0 Å². The van der Waals surface area contributed by atoms with Gasteiger partial charge in [-0.3, -0.25) is 0 Å². The Morgan fingerprint density at radius 2 is 1.74 bits per heavy atom. The molecule has 0 aliphatic carbocycles. The number of hydrogen-bond donors (Lipinski definition) is 2. The van der Waals surface area contributed by atoms with Crippen LogP contribution in [-0.2, 0) is 11.2 Å². The molecule has 0 amide bonds. The van der Waals surface area contributed by atoms with Crippen molar-refractivity contribution in [3.8, 4) is 11.3 Å². The molecule has 0 radical (unpaired) electrons. The molecular formula is C22H26N4O. The summed E-state index contributed by atoms with van der Waals surface area (Å²) in [5.74, 6) is 1.39. The Labute approximate surface area is 160 Å². The quantitative estimate of drug-likeness (QED) is 0.530. The molecule has 27 heavy (non-hydrogen) atoms. The van der Waals surface area contributed by atoms with Crippen LogP contribution in [0.2, 0.25) is 0 Å². The van der Waals surface area contributed by atoms with Crippen LogP contribution in [0.15, 0.2) is 60.7 Å². The van der Waals surface area contributed by atoms with Gasteiger partial charge in [0.2, 0.25) is 5.95 Å². The van der Waals surface area contributed by atoms with Gasteiger partial charge in [-0.15, -0.1) is 0 Å². The van der Waals surface area contributed by atoms with Gasteiger partial charge in [-0.25, -0.2) is 4.98 Å². The Morgan fingerprint density at radius 1 is 0.963 bits per heavy atom. The van der Waals surface area contributed by atoms with Crippen LogP contribution in [0.5, 0.6) is 0 Å². The third-order valence-corrected chi connectivity index (χ3v) is 4.27. The molecule has 1 aromatic heterocycles. The molecule has 140 valence electrons. The van der Waals surface area contributed by atoms with Crippen LogP contribution in [0.4, 0.5) is 17.5 Å². The Hall–Kier alpha value is -2.92. The molecule has 0 saturated carbocycles. The minimum absolute atomic E-state index is 0.589. The van der Waals surface area contributed by atoms with Gasteiger partial charge >= 0.3 is 0 Å². The summed E-state index contributed by atoms with van der Waals surface area (Å²) in [6, 6.07) is 20.4. The van der Waals surface area contributed by atoms with E-state index in [4.69, 9.17) is 9.72 Å². The van der Waals surface area contributed by atoms with E-state index in [1.165, 1.54) is 5.56 Å². The van der Waals surface area contributed by atoms with Crippen molar-refractivity contribution in [2.75, 3.05) is 30.9 Å². The number of aryl methyl sites for hydroxylation is 1. The number of rotatable bonds is 9. The average Bonchev–Trinajstić information content (AvgIpc) is 2.72. The minimum atomic E-state index is 0.589. The van der Waals surface area contributed by atoms with E-state index < -0.39 is 0 Å². The summed E-state index contributed by atoms with van der Waals surface area (Å²) < 4.78 is 5.12. The van der Waals surface area contributed by atoms with E-state index in [-0.39, 0.29) is 0 Å². The smallest absolute Gasteiger partial charge is 0.229 e. The van der Waals surface area contributed by atoms with Crippen molar-refractivity contribution in [2.45, 2.75) is 19.8 Å². The van der Waals surface area contributed by atoms with Crippen LogP contribution in [0.1, 0.15) is 18.9 Å². The first-order valence-electron chi connectivity index (χ1n) is 9.32. The number of hydrogen-bond acceptors (Lipinski definition) is 5. The predicted octanol–water partition coefficient (Wildman–Crippen LogP) is 4.90. The van der Waals surface area contributed by atoms with Gasteiger partial charge in [0.05, 0.1) is 5.69 Å². The maximum Gasteiger partial charge on any atom is 0.229 e. The first-order chi connectivity index (χ1) is 13.3. The number of para-hydroxylation sites is 1. The molecule has 2 aromatic carbocycles. The average molecular weight is 362 g/mol. The molecular weight excluding hydrogens is 336 g/mol.